The van der Waals surface area contributed by atoms with Gasteiger partial charge in [-0.25, -0.2) is 4.39 Å². The molecule has 0 unspecified atom stereocenters. The van der Waals surface area contributed by atoms with Crippen LogP contribution in [0.4, 0.5) is 4.39 Å². The molecule has 2 N–H and O–H groups in total. The highest BCUT2D eigenvalue weighted by Crippen LogP contribution is 2.28. The molecule has 0 radical (unpaired) electrons. The van der Waals surface area contributed by atoms with Gasteiger partial charge >= 0.3 is 0 Å². The Morgan fingerprint density at radius 3 is 2.67 bits per heavy atom. The van der Waals surface area contributed by atoms with E-state index >= 15 is 0 Å². The van der Waals surface area contributed by atoms with Gasteiger partial charge in [0.1, 0.15) is 5.82 Å². The summed E-state index contributed by atoms with van der Waals surface area (Å²) in [5.41, 5.74) is 1.55. The highest BCUT2D eigenvalue weighted by molar-refractivity contribution is 5.24. The van der Waals surface area contributed by atoms with E-state index in [0.29, 0.717) is 12.1 Å². The zero-order valence-electron chi connectivity index (χ0n) is 11.0. The molecule has 1 fully saturated rings. The molecule has 3 heteroatoms. The van der Waals surface area contributed by atoms with Crippen molar-refractivity contribution in [2.75, 3.05) is 6.61 Å². The number of nitrogens with one attached hydrogen (secondary N) is 1. The SMILES string of the molecule is Cc1ccc(F)c(CNC2(CO)CCCCC2)c1. The first-order valence-corrected chi connectivity index (χ1v) is 6.76. The molecule has 1 aliphatic rings. The molecular formula is C15H22FNO. The molecule has 18 heavy (non-hydrogen) atoms. The van der Waals surface area contributed by atoms with Gasteiger partial charge in [-0.05, 0) is 25.8 Å². The van der Waals surface area contributed by atoms with Crippen LogP contribution in [0.25, 0.3) is 0 Å². The third kappa shape index (κ3) is 3.09. The van der Waals surface area contributed by atoms with Gasteiger partial charge in [0.25, 0.3) is 0 Å². The lowest BCUT2D eigenvalue weighted by Crippen LogP contribution is -2.49. The van der Waals surface area contributed by atoms with Crippen LogP contribution in [0.1, 0.15) is 43.2 Å². The summed E-state index contributed by atoms with van der Waals surface area (Å²) in [6.45, 7) is 2.60. The summed E-state index contributed by atoms with van der Waals surface area (Å²) in [6.07, 6.45) is 5.49. The number of aliphatic hydroxyl groups excluding tert-OH is 1. The number of hydrogen-bond donors (Lipinski definition) is 2. The van der Waals surface area contributed by atoms with Gasteiger partial charge in [-0.2, -0.15) is 0 Å². The first-order chi connectivity index (χ1) is 8.65. The fraction of sp³-hybridized carbons (Fsp3) is 0.600. The minimum absolute atomic E-state index is 0.139. The predicted octanol–water partition coefficient (Wildman–Crippen LogP) is 2.92. The number of benzene rings is 1. The Morgan fingerprint density at radius 1 is 1.28 bits per heavy atom. The van der Waals surface area contributed by atoms with Crippen molar-refractivity contribution in [3.05, 3.63) is 35.1 Å². The van der Waals surface area contributed by atoms with Crippen LogP contribution in [-0.2, 0) is 6.54 Å². The zero-order chi connectivity index (χ0) is 13.0. The number of aliphatic hydroxyl groups is 1. The quantitative estimate of drug-likeness (QED) is 0.862. The molecule has 0 atom stereocenters. The molecule has 0 heterocycles. The molecule has 1 saturated carbocycles. The molecule has 2 nitrogen and oxygen atoms in total. The third-order valence-corrected chi connectivity index (χ3v) is 3.97. The van der Waals surface area contributed by atoms with E-state index in [1.165, 1.54) is 12.5 Å². The van der Waals surface area contributed by atoms with E-state index in [0.717, 1.165) is 31.2 Å². The Bertz CT molecular complexity index is 399. The van der Waals surface area contributed by atoms with Crippen LogP contribution < -0.4 is 5.32 Å². The Morgan fingerprint density at radius 2 is 2.00 bits per heavy atom. The first-order valence-electron chi connectivity index (χ1n) is 6.76. The summed E-state index contributed by atoms with van der Waals surface area (Å²) in [7, 11) is 0. The lowest BCUT2D eigenvalue weighted by atomic mass is 9.82. The minimum atomic E-state index is -0.200. The van der Waals surface area contributed by atoms with Crippen molar-refractivity contribution in [1.82, 2.24) is 5.32 Å². The van der Waals surface area contributed by atoms with Gasteiger partial charge in [0.2, 0.25) is 0 Å². The molecule has 0 amide bonds. The minimum Gasteiger partial charge on any atom is -0.394 e. The van der Waals surface area contributed by atoms with Gasteiger partial charge in [-0.3, -0.25) is 0 Å². The number of halogens is 1. The van der Waals surface area contributed by atoms with E-state index in [9.17, 15) is 9.50 Å². The second-order valence-corrected chi connectivity index (χ2v) is 5.45. The van der Waals surface area contributed by atoms with Crippen LogP contribution in [0.3, 0.4) is 0 Å². The van der Waals surface area contributed by atoms with Crippen molar-refractivity contribution in [3.8, 4) is 0 Å². The Hall–Kier alpha value is -0.930. The zero-order valence-corrected chi connectivity index (χ0v) is 11.0. The van der Waals surface area contributed by atoms with Crippen LogP contribution in [0.15, 0.2) is 18.2 Å². The molecule has 1 aromatic carbocycles. The van der Waals surface area contributed by atoms with E-state index < -0.39 is 0 Å². The summed E-state index contributed by atoms with van der Waals surface area (Å²) in [6, 6.07) is 5.16. The van der Waals surface area contributed by atoms with Gasteiger partial charge in [0, 0.05) is 17.6 Å². The van der Waals surface area contributed by atoms with Gasteiger partial charge in [-0.15, -0.1) is 0 Å². The Labute approximate surface area is 108 Å². The fourth-order valence-electron chi connectivity index (χ4n) is 2.74. The van der Waals surface area contributed by atoms with Crippen molar-refractivity contribution in [3.63, 3.8) is 0 Å². The normalized spacial score (nSPS) is 18.8. The number of rotatable bonds is 4. The van der Waals surface area contributed by atoms with Crippen LogP contribution in [-0.4, -0.2) is 17.3 Å². The van der Waals surface area contributed by atoms with Crippen LogP contribution in [0, 0.1) is 12.7 Å². The van der Waals surface area contributed by atoms with Gasteiger partial charge < -0.3 is 10.4 Å². The molecule has 0 saturated heterocycles. The summed E-state index contributed by atoms with van der Waals surface area (Å²) >= 11 is 0. The summed E-state index contributed by atoms with van der Waals surface area (Å²) in [5.74, 6) is -0.169. The monoisotopic (exact) mass is 251 g/mol. The van der Waals surface area contributed by atoms with Crippen molar-refractivity contribution in [2.24, 2.45) is 0 Å². The molecule has 0 aromatic heterocycles. The molecular weight excluding hydrogens is 229 g/mol. The standard InChI is InChI=1S/C15H22FNO/c1-12-5-6-14(16)13(9-12)10-17-15(11-18)7-3-2-4-8-15/h5-6,9,17-18H,2-4,7-8,10-11H2,1H3. The largest absolute Gasteiger partial charge is 0.394 e. The molecule has 1 aliphatic carbocycles. The molecule has 2 rings (SSSR count). The smallest absolute Gasteiger partial charge is 0.127 e. The lowest BCUT2D eigenvalue weighted by Gasteiger charge is -2.36. The maximum atomic E-state index is 13.7. The molecule has 0 aliphatic heterocycles. The van der Waals surface area contributed by atoms with Crippen molar-refractivity contribution in [2.45, 2.75) is 51.1 Å². The maximum absolute atomic E-state index is 13.7. The van der Waals surface area contributed by atoms with Crippen LogP contribution in [0.2, 0.25) is 0 Å². The number of hydrogen-bond acceptors (Lipinski definition) is 2. The average Bonchev–Trinajstić information content (AvgIpc) is 2.41. The van der Waals surface area contributed by atoms with E-state index in [2.05, 4.69) is 5.32 Å². The van der Waals surface area contributed by atoms with E-state index in [1.54, 1.807) is 6.07 Å². The summed E-state index contributed by atoms with van der Waals surface area (Å²) in [4.78, 5) is 0. The number of aryl methyl sites for hydroxylation is 1. The van der Waals surface area contributed by atoms with E-state index in [-0.39, 0.29) is 18.0 Å². The van der Waals surface area contributed by atoms with Crippen LogP contribution in [0.5, 0.6) is 0 Å². The molecule has 100 valence electrons. The molecule has 0 bridgehead atoms. The Balaban J connectivity index is 2.03. The fourth-order valence-corrected chi connectivity index (χ4v) is 2.74. The Kier molecular flexibility index (Phi) is 4.36. The second kappa shape index (κ2) is 5.81. The summed E-state index contributed by atoms with van der Waals surface area (Å²) < 4.78 is 13.7. The third-order valence-electron chi connectivity index (χ3n) is 3.97. The first kappa shape index (κ1) is 13.5. The molecule has 0 spiro atoms. The highest BCUT2D eigenvalue weighted by atomic mass is 19.1. The van der Waals surface area contributed by atoms with Crippen molar-refractivity contribution in [1.29, 1.82) is 0 Å². The second-order valence-electron chi connectivity index (χ2n) is 5.45. The lowest BCUT2D eigenvalue weighted by molar-refractivity contribution is 0.119. The van der Waals surface area contributed by atoms with Crippen molar-refractivity contribution < 1.29 is 9.50 Å². The van der Waals surface area contributed by atoms with Crippen LogP contribution >= 0.6 is 0 Å². The highest BCUT2D eigenvalue weighted by Gasteiger charge is 2.30. The van der Waals surface area contributed by atoms with E-state index in [4.69, 9.17) is 0 Å². The van der Waals surface area contributed by atoms with Gasteiger partial charge in [0.05, 0.1) is 6.61 Å². The maximum Gasteiger partial charge on any atom is 0.127 e. The predicted molar refractivity (Wildman–Crippen MR) is 70.9 cm³/mol. The van der Waals surface area contributed by atoms with E-state index in [1.807, 2.05) is 13.0 Å². The summed E-state index contributed by atoms with van der Waals surface area (Å²) in [5, 5.41) is 13.0. The topological polar surface area (TPSA) is 32.3 Å². The van der Waals surface area contributed by atoms with Gasteiger partial charge in [-0.1, -0.05) is 37.0 Å². The average molecular weight is 251 g/mol. The van der Waals surface area contributed by atoms with Crippen molar-refractivity contribution >= 4 is 0 Å². The molecule has 1 aromatic rings. The van der Waals surface area contributed by atoms with Gasteiger partial charge in [0.15, 0.2) is 0 Å².